The predicted molar refractivity (Wildman–Crippen MR) is 68.6 cm³/mol. The molecule has 1 aromatic rings. The molecule has 0 amide bonds. The molecule has 0 radical (unpaired) electrons. The van der Waals surface area contributed by atoms with Gasteiger partial charge in [0, 0.05) is 6.61 Å². The van der Waals surface area contributed by atoms with Crippen LogP contribution in [0.3, 0.4) is 0 Å². The average Bonchev–Trinajstić information content (AvgIpc) is 2.41. The summed E-state index contributed by atoms with van der Waals surface area (Å²) in [6, 6.07) is 9.25. The average molecular weight is 249 g/mol. The Labute approximate surface area is 108 Å². The first-order valence-electron chi connectivity index (χ1n) is 6.09. The van der Waals surface area contributed by atoms with Crippen LogP contribution < -0.4 is 4.74 Å². The van der Waals surface area contributed by atoms with Crippen molar-refractivity contribution in [3.63, 3.8) is 0 Å². The molecule has 0 N–H and O–H groups in total. The Morgan fingerprint density at radius 2 is 2.06 bits per heavy atom. The predicted octanol–water partition coefficient (Wildman–Crippen LogP) is 2.38. The lowest BCUT2D eigenvalue weighted by Gasteiger charge is -2.13. The van der Waals surface area contributed by atoms with Gasteiger partial charge in [0.2, 0.25) is 0 Å². The highest BCUT2D eigenvalue weighted by Crippen LogP contribution is 2.16. The summed E-state index contributed by atoms with van der Waals surface area (Å²) in [6.07, 6.45) is 0.0553. The zero-order valence-electron chi connectivity index (χ0n) is 10.9. The van der Waals surface area contributed by atoms with Crippen molar-refractivity contribution in [2.45, 2.75) is 20.0 Å². The van der Waals surface area contributed by atoms with E-state index >= 15 is 0 Å². The van der Waals surface area contributed by atoms with Gasteiger partial charge in [-0.3, -0.25) is 0 Å². The molecule has 1 aromatic carbocycles. The minimum Gasteiger partial charge on any atom is -0.490 e. The second-order valence-electron chi connectivity index (χ2n) is 3.80. The Bertz CT molecular complexity index is 387. The molecule has 0 saturated carbocycles. The van der Waals surface area contributed by atoms with E-state index in [1.54, 1.807) is 12.1 Å². The van der Waals surface area contributed by atoms with E-state index in [2.05, 4.69) is 6.07 Å². The summed E-state index contributed by atoms with van der Waals surface area (Å²) in [6.45, 7) is 6.10. The molecule has 18 heavy (non-hydrogen) atoms. The molecule has 4 heteroatoms. The van der Waals surface area contributed by atoms with Crippen molar-refractivity contribution in [3.05, 3.63) is 29.8 Å². The molecule has 0 aliphatic rings. The second kappa shape index (κ2) is 8.51. The summed E-state index contributed by atoms with van der Waals surface area (Å²) in [5.74, 6) is 0.598. The third-order valence-corrected chi connectivity index (χ3v) is 2.31. The van der Waals surface area contributed by atoms with Crippen LogP contribution in [0.5, 0.6) is 5.75 Å². The molecule has 98 valence electrons. The van der Waals surface area contributed by atoms with Crippen LogP contribution in [0.1, 0.15) is 19.4 Å². The highest BCUT2D eigenvalue weighted by Gasteiger charge is 2.03. The summed E-state index contributed by atoms with van der Waals surface area (Å²) >= 11 is 0. The van der Waals surface area contributed by atoms with Gasteiger partial charge < -0.3 is 14.2 Å². The van der Waals surface area contributed by atoms with Gasteiger partial charge in [-0.25, -0.2) is 0 Å². The molecule has 0 aliphatic heterocycles. The first kappa shape index (κ1) is 14.5. The zero-order chi connectivity index (χ0) is 13.2. The van der Waals surface area contributed by atoms with Crippen LogP contribution in [0.15, 0.2) is 24.3 Å². The van der Waals surface area contributed by atoms with E-state index in [-0.39, 0.29) is 6.10 Å². The number of rotatable bonds is 8. The molecule has 0 saturated heterocycles. The smallest absolute Gasteiger partial charge is 0.137 e. The van der Waals surface area contributed by atoms with Crippen molar-refractivity contribution in [2.75, 3.05) is 26.4 Å². The number of para-hydroxylation sites is 1. The van der Waals surface area contributed by atoms with Crippen molar-refractivity contribution in [2.24, 2.45) is 0 Å². The number of benzene rings is 1. The Morgan fingerprint density at radius 1 is 1.28 bits per heavy atom. The maximum Gasteiger partial charge on any atom is 0.137 e. The molecule has 4 nitrogen and oxygen atoms in total. The molecular weight excluding hydrogens is 230 g/mol. The van der Waals surface area contributed by atoms with Gasteiger partial charge in [0.1, 0.15) is 18.4 Å². The van der Waals surface area contributed by atoms with Crippen LogP contribution in [-0.4, -0.2) is 32.5 Å². The molecule has 1 unspecified atom stereocenters. The molecular formula is C14H19NO3. The molecule has 0 aliphatic carbocycles. The topological polar surface area (TPSA) is 51.5 Å². The van der Waals surface area contributed by atoms with Crippen molar-refractivity contribution in [1.29, 1.82) is 5.26 Å². The number of hydrogen-bond donors (Lipinski definition) is 0. The van der Waals surface area contributed by atoms with Crippen LogP contribution in [0, 0.1) is 11.3 Å². The molecule has 0 spiro atoms. The van der Waals surface area contributed by atoms with Crippen molar-refractivity contribution in [1.82, 2.24) is 0 Å². The third-order valence-electron chi connectivity index (χ3n) is 2.31. The van der Waals surface area contributed by atoms with Gasteiger partial charge in [0.15, 0.2) is 0 Å². The van der Waals surface area contributed by atoms with E-state index in [0.29, 0.717) is 37.7 Å². The molecule has 1 atom stereocenters. The Hall–Kier alpha value is -1.57. The van der Waals surface area contributed by atoms with Crippen molar-refractivity contribution >= 4 is 0 Å². The van der Waals surface area contributed by atoms with Crippen molar-refractivity contribution < 1.29 is 14.2 Å². The van der Waals surface area contributed by atoms with E-state index in [9.17, 15) is 0 Å². The maximum atomic E-state index is 8.88. The largest absolute Gasteiger partial charge is 0.490 e. The van der Waals surface area contributed by atoms with Crippen LogP contribution in [0.2, 0.25) is 0 Å². The monoisotopic (exact) mass is 249 g/mol. The minimum absolute atomic E-state index is 0.0553. The second-order valence-corrected chi connectivity index (χ2v) is 3.80. The lowest BCUT2D eigenvalue weighted by Crippen LogP contribution is -2.19. The fourth-order valence-electron chi connectivity index (χ4n) is 1.42. The fraction of sp³-hybridized carbons (Fsp3) is 0.500. The van der Waals surface area contributed by atoms with Crippen LogP contribution in [-0.2, 0) is 9.47 Å². The van der Waals surface area contributed by atoms with E-state index in [4.69, 9.17) is 19.5 Å². The molecule has 0 fully saturated rings. The zero-order valence-corrected chi connectivity index (χ0v) is 10.9. The number of hydrogen-bond acceptors (Lipinski definition) is 4. The number of nitriles is 1. The normalized spacial score (nSPS) is 11.8. The van der Waals surface area contributed by atoms with Gasteiger partial charge in [0.25, 0.3) is 0 Å². The lowest BCUT2D eigenvalue weighted by molar-refractivity contribution is -0.0128. The first-order valence-corrected chi connectivity index (χ1v) is 6.09. The van der Waals surface area contributed by atoms with Gasteiger partial charge in [-0.2, -0.15) is 5.26 Å². The fourth-order valence-corrected chi connectivity index (χ4v) is 1.42. The standard InChI is InChI=1S/C14H19NO3/c1-3-16-11-12(2)17-8-9-18-14-7-5-4-6-13(14)10-15/h4-7,12H,3,8-9,11H2,1-2H3. The van der Waals surface area contributed by atoms with E-state index in [1.807, 2.05) is 26.0 Å². The van der Waals surface area contributed by atoms with Gasteiger partial charge in [-0.15, -0.1) is 0 Å². The summed E-state index contributed by atoms with van der Waals surface area (Å²) < 4.78 is 16.2. The SMILES string of the molecule is CCOCC(C)OCCOc1ccccc1C#N. The lowest BCUT2D eigenvalue weighted by atomic mass is 10.2. The highest BCUT2D eigenvalue weighted by molar-refractivity contribution is 5.42. The van der Waals surface area contributed by atoms with Gasteiger partial charge >= 0.3 is 0 Å². The highest BCUT2D eigenvalue weighted by atomic mass is 16.5. The molecule has 0 heterocycles. The molecule has 1 rings (SSSR count). The Kier molecular flexibility index (Phi) is 6.85. The Balaban J connectivity index is 2.24. The van der Waals surface area contributed by atoms with E-state index in [1.165, 1.54) is 0 Å². The summed E-state index contributed by atoms with van der Waals surface area (Å²) in [5, 5.41) is 8.88. The van der Waals surface area contributed by atoms with Crippen molar-refractivity contribution in [3.8, 4) is 11.8 Å². The van der Waals surface area contributed by atoms with E-state index in [0.717, 1.165) is 0 Å². The first-order chi connectivity index (χ1) is 8.77. The molecule has 0 aromatic heterocycles. The quantitative estimate of drug-likeness (QED) is 0.664. The minimum atomic E-state index is 0.0553. The van der Waals surface area contributed by atoms with Crippen LogP contribution in [0.4, 0.5) is 0 Å². The maximum absolute atomic E-state index is 8.88. The number of nitrogens with zero attached hydrogens (tertiary/aromatic N) is 1. The van der Waals surface area contributed by atoms with Crippen LogP contribution >= 0.6 is 0 Å². The van der Waals surface area contributed by atoms with Gasteiger partial charge in [-0.05, 0) is 26.0 Å². The summed E-state index contributed by atoms with van der Waals surface area (Å²) in [5.41, 5.74) is 0.542. The third kappa shape index (κ3) is 5.17. The Morgan fingerprint density at radius 3 is 2.78 bits per heavy atom. The van der Waals surface area contributed by atoms with Crippen LogP contribution in [0.25, 0.3) is 0 Å². The van der Waals surface area contributed by atoms with Gasteiger partial charge in [0.05, 0.1) is 24.9 Å². The summed E-state index contributed by atoms with van der Waals surface area (Å²) in [7, 11) is 0. The van der Waals surface area contributed by atoms with E-state index < -0.39 is 0 Å². The number of ether oxygens (including phenoxy) is 3. The summed E-state index contributed by atoms with van der Waals surface area (Å²) in [4.78, 5) is 0. The van der Waals surface area contributed by atoms with Gasteiger partial charge in [-0.1, -0.05) is 12.1 Å². The molecule has 0 bridgehead atoms.